The van der Waals surface area contributed by atoms with E-state index in [2.05, 4.69) is 15.5 Å². The zero-order chi connectivity index (χ0) is 18.9. The molecule has 0 atom stereocenters. The molecular formula is C21H25N3O3. The van der Waals surface area contributed by atoms with Crippen LogP contribution in [0.1, 0.15) is 35.4 Å². The summed E-state index contributed by atoms with van der Waals surface area (Å²) < 4.78 is 5.28. The smallest absolute Gasteiger partial charge is 0.267 e. The van der Waals surface area contributed by atoms with Gasteiger partial charge in [-0.15, -0.1) is 0 Å². The molecule has 0 aliphatic carbocycles. The van der Waals surface area contributed by atoms with Gasteiger partial charge in [-0.25, -0.2) is 0 Å². The van der Waals surface area contributed by atoms with Crippen LogP contribution in [0.25, 0.3) is 6.08 Å². The summed E-state index contributed by atoms with van der Waals surface area (Å²) in [5, 5.41) is 5.58. The third-order valence-corrected chi connectivity index (χ3v) is 4.49. The normalized spacial score (nSPS) is 14.9. The number of rotatable bonds is 8. The molecule has 142 valence electrons. The zero-order valence-corrected chi connectivity index (χ0v) is 15.3. The quantitative estimate of drug-likeness (QED) is 0.556. The number of benzene rings is 1. The summed E-state index contributed by atoms with van der Waals surface area (Å²) in [4.78, 5) is 27.4. The summed E-state index contributed by atoms with van der Waals surface area (Å²) in [6, 6.07) is 12.3. The van der Waals surface area contributed by atoms with Crippen LogP contribution in [0.2, 0.25) is 0 Å². The van der Waals surface area contributed by atoms with Crippen molar-refractivity contribution in [1.29, 1.82) is 0 Å². The molecule has 27 heavy (non-hydrogen) atoms. The van der Waals surface area contributed by atoms with E-state index in [4.69, 9.17) is 4.42 Å². The summed E-state index contributed by atoms with van der Waals surface area (Å²) in [6.07, 6.45) is 6.46. The first-order valence-corrected chi connectivity index (χ1v) is 9.34. The van der Waals surface area contributed by atoms with Crippen molar-refractivity contribution < 1.29 is 14.0 Å². The summed E-state index contributed by atoms with van der Waals surface area (Å²) in [6.45, 7) is 3.83. The van der Waals surface area contributed by atoms with Crippen LogP contribution in [0.3, 0.4) is 0 Å². The molecule has 2 N–H and O–H groups in total. The van der Waals surface area contributed by atoms with Crippen LogP contribution in [0.15, 0.2) is 58.8 Å². The molecule has 1 aromatic carbocycles. The van der Waals surface area contributed by atoms with E-state index in [0.717, 1.165) is 26.1 Å². The van der Waals surface area contributed by atoms with Crippen LogP contribution in [-0.4, -0.2) is 42.9 Å². The van der Waals surface area contributed by atoms with Crippen molar-refractivity contribution in [2.45, 2.75) is 19.3 Å². The Bertz CT molecular complexity index is 763. The van der Waals surface area contributed by atoms with Crippen LogP contribution in [0.4, 0.5) is 0 Å². The third kappa shape index (κ3) is 5.82. The highest BCUT2D eigenvalue weighted by atomic mass is 16.3. The van der Waals surface area contributed by atoms with Gasteiger partial charge in [0.1, 0.15) is 11.5 Å². The topological polar surface area (TPSA) is 74.6 Å². The number of carbonyl (C=O) groups excluding carboxylic acids is 2. The average molecular weight is 367 g/mol. The summed E-state index contributed by atoms with van der Waals surface area (Å²) in [5.41, 5.74) is 0.657. The second-order valence-electron chi connectivity index (χ2n) is 6.55. The molecule has 1 aliphatic heterocycles. The van der Waals surface area contributed by atoms with Gasteiger partial charge in [0.05, 0.1) is 6.26 Å². The highest BCUT2D eigenvalue weighted by Crippen LogP contribution is 2.09. The molecule has 6 heteroatoms. The van der Waals surface area contributed by atoms with E-state index in [-0.39, 0.29) is 17.5 Å². The SMILES string of the molecule is O=C(NCCCN1CCCC1)/C(=C/c1ccco1)NC(=O)c1ccccc1. The minimum absolute atomic E-state index is 0.167. The van der Waals surface area contributed by atoms with Crippen LogP contribution in [0, 0.1) is 0 Å². The molecule has 0 spiro atoms. The Morgan fingerprint density at radius 1 is 1.07 bits per heavy atom. The minimum atomic E-state index is -0.333. The maximum atomic E-state index is 12.6. The molecule has 1 fully saturated rings. The Hall–Kier alpha value is -2.86. The van der Waals surface area contributed by atoms with E-state index in [0.29, 0.717) is 17.9 Å². The van der Waals surface area contributed by atoms with Crippen LogP contribution >= 0.6 is 0 Å². The summed E-state index contributed by atoms with van der Waals surface area (Å²) in [7, 11) is 0. The van der Waals surface area contributed by atoms with E-state index < -0.39 is 0 Å². The molecule has 1 aliphatic rings. The first kappa shape index (κ1) is 18.9. The third-order valence-electron chi connectivity index (χ3n) is 4.49. The number of amides is 2. The van der Waals surface area contributed by atoms with Gasteiger partial charge in [0.2, 0.25) is 0 Å². The fourth-order valence-corrected chi connectivity index (χ4v) is 3.06. The molecule has 0 saturated carbocycles. The minimum Gasteiger partial charge on any atom is -0.465 e. The van der Waals surface area contributed by atoms with Crippen molar-refractivity contribution in [3.8, 4) is 0 Å². The molecule has 0 unspecified atom stereocenters. The average Bonchev–Trinajstić information content (AvgIpc) is 3.39. The monoisotopic (exact) mass is 367 g/mol. The van der Waals surface area contributed by atoms with Gasteiger partial charge in [-0.2, -0.15) is 0 Å². The molecular weight excluding hydrogens is 342 g/mol. The highest BCUT2D eigenvalue weighted by Gasteiger charge is 2.15. The molecule has 6 nitrogen and oxygen atoms in total. The Morgan fingerprint density at radius 3 is 2.56 bits per heavy atom. The van der Waals surface area contributed by atoms with Gasteiger partial charge in [0.15, 0.2) is 0 Å². The Balaban J connectivity index is 1.59. The van der Waals surface area contributed by atoms with Crippen molar-refractivity contribution in [2.75, 3.05) is 26.2 Å². The number of carbonyl (C=O) groups is 2. The molecule has 1 aromatic heterocycles. The number of nitrogens with one attached hydrogen (secondary N) is 2. The van der Waals surface area contributed by atoms with Crippen molar-refractivity contribution in [3.05, 3.63) is 65.7 Å². The number of hydrogen-bond donors (Lipinski definition) is 2. The largest absolute Gasteiger partial charge is 0.465 e. The standard InChI is InChI=1S/C21H25N3O3/c25-20(17-8-2-1-3-9-17)23-19(16-18-10-6-15-27-18)21(26)22-11-7-14-24-12-4-5-13-24/h1-3,6,8-10,15-16H,4-5,7,11-14H2,(H,22,26)(H,23,25)/b19-16-. The predicted molar refractivity (Wildman–Crippen MR) is 104 cm³/mol. The first-order chi connectivity index (χ1) is 13.2. The van der Waals surface area contributed by atoms with Crippen molar-refractivity contribution >= 4 is 17.9 Å². The van der Waals surface area contributed by atoms with E-state index in [1.165, 1.54) is 25.2 Å². The van der Waals surface area contributed by atoms with Gasteiger partial charge in [0.25, 0.3) is 11.8 Å². The zero-order valence-electron chi connectivity index (χ0n) is 15.3. The fraction of sp³-hybridized carbons (Fsp3) is 0.333. The van der Waals surface area contributed by atoms with Crippen LogP contribution in [-0.2, 0) is 4.79 Å². The van der Waals surface area contributed by atoms with Crippen molar-refractivity contribution in [2.24, 2.45) is 0 Å². The van der Waals surface area contributed by atoms with Gasteiger partial charge >= 0.3 is 0 Å². The van der Waals surface area contributed by atoms with Gasteiger partial charge in [0, 0.05) is 18.2 Å². The Morgan fingerprint density at radius 2 is 1.85 bits per heavy atom. The Labute approximate surface area is 159 Å². The molecule has 3 rings (SSSR count). The van der Waals surface area contributed by atoms with E-state index in [1.807, 2.05) is 6.07 Å². The van der Waals surface area contributed by atoms with E-state index in [9.17, 15) is 9.59 Å². The van der Waals surface area contributed by atoms with E-state index >= 15 is 0 Å². The van der Waals surface area contributed by atoms with E-state index in [1.54, 1.807) is 36.4 Å². The number of hydrogen-bond acceptors (Lipinski definition) is 4. The van der Waals surface area contributed by atoms with Crippen molar-refractivity contribution in [3.63, 3.8) is 0 Å². The predicted octanol–water partition coefficient (Wildman–Crippen LogP) is 2.65. The highest BCUT2D eigenvalue weighted by molar-refractivity contribution is 6.05. The summed E-state index contributed by atoms with van der Waals surface area (Å²) in [5.74, 6) is -0.150. The second-order valence-corrected chi connectivity index (χ2v) is 6.55. The lowest BCUT2D eigenvalue weighted by Gasteiger charge is -2.15. The lowest BCUT2D eigenvalue weighted by atomic mass is 10.2. The fourth-order valence-electron chi connectivity index (χ4n) is 3.06. The van der Waals surface area contributed by atoms with Crippen molar-refractivity contribution in [1.82, 2.24) is 15.5 Å². The molecule has 1 saturated heterocycles. The van der Waals surface area contributed by atoms with Gasteiger partial charge in [-0.1, -0.05) is 18.2 Å². The van der Waals surface area contributed by atoms with Gasteiger partial charge in [-0.05, 0) is 63.2 Å². The molecule has 2 heterocycles. The molecule has 0 radical (unpaired) electrons. The number of likely N-dealkylation sites (tertiary alicyclic amines) is 1. The lowest BCUT2D eigenvalue weighted by Crippen LogP contribution is -2.36. The maximum Gasteiger partial charge on any atom is 0.267 e. The lowest BCUT2D eigenvalue weighted by molar-refractivity contribution is -0.117. The number of furan rings is 1. The second kappa shape index (κ2) is 9.73. The van der Waals surface area contributed by atoms with Gasteiger partial charge < -0.3 is 20.0 Å². The maximum absolute atomic E-state index is 12.6. The molecule has 2 amide bonds. The van der Waals surface area contributed by atoms with Crippen LogP contribution in [0.5, 0.6) is 0 Å². The molecule has 0 bridgehead atoms. The van der Waals surface area contributed by atoms with Crippen LogP contribution < -0.4 is 10.6 Å². The number of nitrogens with zero attached hydrogens (tertiary/aromatic N) is 1. The molecule has 2 aromatic rings. The Kier molecular flexibility index (Phi) is 6.82. The summed E-state index contributed by atoms with van der Waals surface area (Å²) >= 11 is 0. The van der Waals surface area contributed by atoms with Gasteiger partial charge in [-0.3, -0.25) is 9.59 Å². The first-order valence-electron chi connectivity index (χ1n) is 9.34.